The van der Waals surface area contributed by atoms with Crippen LogP contribution in [-0.4, -0.2) is 38.9 Å². The molecule has 12 heteroatoms. The molecule has 2 aromatic heterocycles. The Morgan fingerprint density at radius 3 is 1.85 bits per heavy atom. The van der Waals surface area contributed by atoms with Crippen molar-refractivity contribution in [2.75, 3.05) is 18.1 Å². The molecule has 0 aliphatic rings. The highest BCUT2D eigenvalue weighted by molar-refractivity contribution is 5.87. The molecule has 0 fully saturated rings. The van der Waals surface area contributed by atoms with E-state index < -0.39 is 11.9 Å². The first-order valence-corrected chi connectivity index (χ1v) is 5.09. The van der Waals surface area contributed by atoms with E-state index in [2.05, 4.69) is 34.0 Å². The lowest BCUT2D eigenvalue weighted by atomic mass is 10.6. The maximum atomic E-state index is 10.8. The molecule has 2 heterocycles. The lowest BCUT2D eigenvalue weighted by molar-refractivity contribution is 0.0481. The van der Waals surface area contributed by atoms with Crippen molar-refractivity contribution in [1.29, 1.82) is 0 Å². The molecule has 20 heavy (non-hydrogen) atoms. The van der Waals surface area contributed by atoms with Gasteiger partial charge in [0, 0.05) is 0 Å². The molecule has 2 rings (SSSR count). The van der Waals surface area contributed by atoms with Crippen LogP contribution < -0.4 is 17.2 Å². The van der Waals surface area contributed by atoms with Gasteiger partial charge in [-0.15, -0.1) is 5.10 Å². The van der Waals surface area contributed by atoms with E-state index in [4.69, 9.17) is 17.2 Å². The number of nitrogens with zero attached hydrogens (tertiary/aromatic N) is 4. The van der Waals surface area contributed by atoms with Crippen molar-refractivity contribution in [2.45, 2.75) is 6.92 Å². The van der Waals surface area contributed by atoms with Gasteiger partial charge in [0.15, 0.2) is 0 Å². The summed E-state index contributed by atoms with van der Waals surface area (Å²) in [6, 6.07) is -0.308. The third-order valence-corrected chi connectivity index (χ3v) is 1.54. The van der Waals surface area contributed by atoms with Gasteiger partial charge in [-0.05, 0) is 6.92 Å². The molecule has 108 valence electrons. The summed E-state index contributed by atoms with van der Waals surface area (Å²) in [6.07, 6.45) is 0. The van der Waals surface area contributed by atoms with Gasteiger partial charge in [0.25, 0.3) is 0 Å². The Morgan fingerprint density at radius 2 is 1.55 bits per heavy atom. The Kier molecular flexibility index (Phi) is 4.96. The van der Waals surface area contributed by atoms with Crippen LogP contribution in [0.2, 0.25) is 0 Å². The van der Waals surface area contributed by atoms with Crippen molar-refractivity contribution in [1.82, 2.24) is 20.4 Å². The summed E-state index contributed by atoms with van der Waals surface area (Å²) >= 11 is 0. The first-order chi connectivity index (χ1) is 9.43. The van der Waals surface area contributed by atoms with Crippen LogP contribution >= 0.6 is 0 Å². The summed E-state index contributed by atoms with van der Waals surface area (Å²) in [7, 11) is 0. The second kappa shape index (κ2) is 6.67. The summed E-state index contributed by atoms with van der Waals surface area (Å²) in [4.78, 5) is 21.0. The maximum absolute atomic E-state index is 10.8. The molecule has 0 radical (unpaired) electrons. The molecular weight excluding hydrogens is 274 g/mol. The molecule has 2 aromatic rings. The van der Waals surface area contributed by atoms with Crippen LogP contribution in [-0.2, 0) is 4.74 Å². The molecule has 1 amide bonds. The number of carbonyl (C=O) groups is 2. The number of nitrogen functional groups attached to an aromatic ring is 2. The highest BCUT2D eigenvalue weighted by atomic mass is 16.5. The van der Waals surface area contributed by atoms with Crippen molar-refractivity contribution in [3.05, 3.63) is 11.8 Å². The number of ether oxygens (including phenoxy) is 1. The van der Waals surface area contributed by atoms with Gasteiger partial charge in [-0.1, -0.05) is 15.3 Å². The molecular formula is C8H11N7O5. The molecule has 0 unspecified atom stereocenters. The van der Waals surface area contributed by atoms with E-state index in [1.54, 1.807) is 6.92 Å². The van der Waals surface area contributed by atoms with Gasteiger partial charge in [0.2, 0.25) is 0 Å². The zero-order chi connectivity index (χ0) is 15.1. The highest BCUT2D eigenvalue weighted by Gasteiger charge is 2.13. The molecule has 0 saturated heterocycles. The van der Waals surface area contributed by atoms with Crippen molar-refractivity contribution in [2.24, 2.45) is 5.73 Å². The molecule has 0 aromatic carbocycles. The van der Waals surface area contributed by atoms with E-state index in [-0.39, 0.29) is 30.4 Å². The number of carbonyl (C=O) groups excluding carboxylic acids is 2. The molecule has 12 nitrogen and oxygen atoms in total. The fourth-order valence-electron chi connectivity index (χ4n) is 0.844. The molecule has 0 bridgehead atoms. The van der Waals surface area contributed by atoms with Gasteiger partial charge in [-0.2, -0.15) is 0 Å². The standard InChI is InChI=1S/C5H7N3O3.C3H4N4O2/c1-2-10-4(9)3-7-8-5(6)11-3;4-1(8)2-6-7-3(5)9-2/h2H2,1H3,(H2,6,8);(H2,4,8)(H2,5,7). The third-order valence-electron chi connectivity index (χ3n) is 1.54. The zero-order valence-electron chi connectivity index (χ0n) is 10.3. The van der Waals surface area contributed by atoms with E-state index in [1.165, 1.54) is 0 Å². The van der Waals surface area contributed by atoms with Gasteiger partial charge in [-0.25, -0.2) is 4.79 Å². The van der Waals surface area contributed by atoms with Crippen LogP contribution in [0.3, 0.4) is 0 Å². The Labute approximate surface area is 111 Å². The number of nitrogens with two attached hydrogens (primary N) is 3. The van der Waals surface area contributed by atoms with Crippen LogP contribution in [0.1, 0.15) is 28.3 Å². The minimum atomic E-state index is -0.779. The predicted octanol–water partition coefficient (Wildman–Crippen LogP) is -1.42. The number of hydrogen-bond acceptors (Lipinski definition) is 11. The topological polar surface area (TPSA) is 199 Å². The van der Waals surface area contributed by atoms with Crippen molar-refractivity contribution < 1.29 is 23.2 Å². The van der Waals surface area contributed by atoms with Gasteiger partial charge in [-0.3, -0.25) is 4.79 Å². The van der Waals surface area contributed by atoms with Crippen LogP contribution in [0.15, 0.2) is 8.83 Å². The highest BCUT2D eigenvalue weighted by Crippen LogP contribution is 2.01. The normalized spacial score (nSPS) is 9.45. The predicted molar refractivity (Wildman–Crippen MR) is 61.9 cm³/mol. The number of rotatable bonds is 3. The Bertz CT molecular complexity index is 592. The summed E-state index contributed by atoms with van der Waals surface area (Å²) in [5.74, 6) is -1.92. The van der Waals surface area contributed by atoms with Crippen molar-refractivity contribution in [3.8, 4) is 0 Å². The van der Waals surface area contributed by atoms with Crippen LogP contribution in [0.5, 0.6) is 0 Å². The summed E-state index contributed by atoms with van der Waals surface area (Å²) in [5, 5.41) is 13.0. The first kappa shape index (κ1) is 14.9. The molecule has 0 atom stereocenters. The SMILES string of the molecule is CCOC(=O)c1nnc(N)o1.NC(=O)c1nnc(N)o1. The third kappa shape index (κ3) is 4.25. The van der Waals surface area contributed by atoms with E-state index in [0.29, 0.717) is 0 Å². The lowest BCUT2D eigenvalue weighted by Crippen LogP contribution is -2.10. The molecule has 0 spiro atoms. The van der Waals surface area contributed by atoms with E-state index in [9.17, 15) is 9.59 Å². The number of esters is 1. The Balaban J connectivity index is 0.000000204. The fraction of sp³-hybridized carbons (Fsp3) is 0.250. The minimum Gasteiger partial charge on any atom is -0.459 e. The van der Waals surface area contributed by atoms with Crippen LogP contribution in [0.4, 0.5) is 12.0 Å². The number of primary amides is 1. The number of anilines is 2. The van der Waals surface area contributed by atoms with Gasteiger partial charge in [0.05, 0.1) is 6.61 Å². The van der Waals surface area contributed by atoms with Crippen molar-refractivity contribution in [3.63, 3.8) is 0 Å². The summed E-state index contributed by atoms with van der Waals surface area (Å²) < 4.78 is 13.6. The monoisotopic (exact) mass is 285 g/mol. The second-order valence-electron chi connectivity index (χ2n) is 2.98. The smallest absolute Gasteiger partial charge is 0.396 e. The average molecular weight is 285 g/mol. The number of aromatic nitrogens is 4. The zero-order valence-corrected chi connectivity index (χ0v) is 10.3. The van der Waals surface area contributed by atoms with Gasteiger partial charge < -0.3 is 30.8 Å². The summed E-state index contributed by atoms with van der Waals surface area (Å²) in [6.45, 7) is 1.94. The van der Waals surface area contributed by atoms with Gasteiger partial charge in [0.1, 0.15) is 0 Å². The maximum Gasteiger partial charge on any atom is 0.396 e. The minimum absolute atomic E-state index is 0.145. The average Bonchev–Trinajstić information content (AvgIpc) is 2.99. The second-order valence-corrected chi connectivity index (χ2v) is 2.98. The largest absolute Gasteiger partial charge is 0.459 e. The van der Waals surface area contributed by atoms with E-state index in [0.717, 1.165) is 0 Å². The quantitative estimate of drug-likeness (QED) is 0.558. The fourth-order valence-corrected chi connectivity index (χ4v) is 0.844. The molecule has 0 aliphatic carbocycles. The molecule has 6 N–H and O–H groups in total. The molecule has 0 aliphatic heterocycles. The van der Waals surface area contributed by atoms with Crippen molar-refractivity contribution >= 4 is 23.9 Å². The Morgan fingerprint density at radius 1 is 1.05 bits per heavy atom. The van der Waals surface area contributed by atoms with Gasteiger partial charge >= 0.3 is 35.7 Å². The van der Waals surface area contributed by atoms with E-state index >= 15 is 0 Å². The lowest BCUT2D eigenvalue weighted by Gasteiger charge is -1.93. The van der Waals surface area contributed by atoms with Crippen LogP contribution in [0.25, 0.3) is 0 Å². The number of hydrogen-bond donors (Lipinski definition) is 3. The molecule has 0 saturated carbocycles. The van der Waals surface area contributed by atoms with E-state index in [1.807, 2.05) is 0 Å². The summed E-state index contributed by atoms with van der Waals surface area (Å²) in [5.41, 5.74) is 14.8. The van der Waals surface area contributed by atoms with Crippen LogP contribution in [0, 0.1) is 0 Å². The first-order valence-electron chi connectivity index (χ1n) is 5.09. The number of amides is 1. The Hall–Kier alpha value is -3.18.